The Morgan fingerprint density at radius 1 is 1.18 bits per heavy atom. The zero-order chi connectivity index (χ0) is 11.8. The summed E-state index contributed by atoms with van der Waals surface area (Å²) in [5.74, 6) is 1.69. The van der Waals surface area contributed by atoms with E-state index in [1.165, 1.54) is 42.3 Å². The fraction of sp³-hybridized carbons (Fsp3) is 0.533. The standard InChI is InChI=1S/C15H20N2/c1-10-3-5-12(6-4-10)13-7-8-15-14(9-13)11(2)16-17-15/h7-10,12H,3-6H2,1-2H3,(H,16,17). The molecule has 0 saturated heterocycles. The van der Waals surface area contributed by atoms with Gasteiger partial charge in [0.2, 0.25) is 0 Å². The van der Waals surface area contributed by atoms with Crippen LogP contribution in [0.3, 0.4) is 0 Å². The highest BCUT2D eigenvalue weighted by Gasteiger charge is 2.20. The summed E-state index contributed by atoms with van der Waals surface area (Å²) in [7, 11) is 0. The Labute approximate surface area is 102 Å². The topological polar surface area (TPSA) is 28.7 Å². The van der Waals surface area contributed by atoms with Gasteiger partial charge in [-0.2, -0.15) is 5.10 Å². The molecule has 1 aliphatic rings. The minimum atomic E-state index is 0.768. The lowest BCUT2D eigenvalue weighted by molar-refractivity contribution is 0.348. The number of H-pyrrole nitrogens is 1. The summed E-state index contributed by atoms with van der Waals surface area (Å²) < 4.78 is 0. The van der Waals surface area contributed by atoms with Crippen LogP contribution in [0.2, 0.25) is 0 Å². The van der Waals surface area contributed by atoms with Gasteiger partial charge in [0.05, 0.1) is 5.52 Å². The van der Waals surface area contributed by atoms with E-state index in [1.54, 1.807) is 0 Å². The number of nitrogens with zero attached hydrogens (tertiary/aromatic N) is 1. The maximum atomic E-state index is 4.29. The maximum Gasteiger partial charge on any atom is 0.0923 e. The maximum absolute atomic E-state index is 4.29. The molecule has 0 bridgehead atoms. The van der Waals surface area contributed by atoms with Gasteiger partial charge in [0.1, 0.15) is 0 Å². The molecule has 0 radical (unpaired) electrons. The Morgan fingerprint density at radius 3 is 2.71 bits per heavy atom. The van der Waals surface area contributed by atoms with E-state index in [-0.39, 0.29) is 0 Å². The average Bonchev–Trinajstić information content (AvgIpc) is 2.72. The number of hydrogen-bond acceptors (Lipinski definition) is 1. The van der Waals surface area contributed by atoms with Crippen molar-refractivity contribution in [2.45, 2.75) is 45.4 Å². The molecule has 2 nitrogen and oxygen atoms in total. The predicted molar refractivity (Wildman–Crippen MR) is 71.2 cm³/mol. The number of aryl methyl sites for hydroxylation is 1. The lowest BCUT2D eigenvalue weighted by Crippen LogP contribution is -2.10. The van der Waals surface area contributed by atoms with E-state index in [0.717, 1.165) is 17.4 Å². The highest BCUT2D eigenvalue weighted by molar-refractivity contribution is 5.81. The van der Waals surface area contributed by atoms with Gasteiger partial charge in [0, 0.05) is 11.1 Å². The van der Waals surface area contributed by atoms with Crippen LogP contribution in [-0.4, -0.2) is 10.2 Å². The molecule has 0 amide bonds. The number of aromatic amines is 1. The first-order valence-corrected chi connectivity index (χ1v) is 6.68. The predicted octanol–water partition coefficient (Wildman–Crippen LogP) is 4.17. The van der Waals surface area contributed by atoms with Crippen LogP contribution in [0, 0.1) is 12.8 Å². The molecular weight excluding hydrogens is 208 g/mol. The molecule has 90 valence electrons. The third-order valence-electron chi connectivity index (χ3n) is 4.26. The van der Waals surface area contributed by atoms with E-state index in [1.807, 2.05) is 0 Å². The molecule has 0 unspecified atom stereocenters. The summed E-state index contributed by atoms with van der Waals surface area (Å²) in [5.41, 5.74) is 3.79. The van der Waals surface area contributed by atoms with Crippen LogP contribution in [0.5, 0.6) is 0 Å². The largest absolute Gasteiger partial charge is 0.282 e. The van der Waals surface area contributed by atoms with Crippen molar-refractivity contribution in [1.82, 2.24) is 10.2 Å². The summed E-state index contributed by atoms with van der Waals surface area (Å²) in [6.45, 7) is 4.47. The molecule has 1 N–H and O–H groups in total. The van der Waals surface area contributed by atoms with Gasteiger partial charge in [0.15, 0.2) is 0 Å². The molecule has 3 rings (SSSR count). The lowest BCUT2D eigenvalue weighted by Gasteiger charge is -2.26. The van der Waals surface area contributed by atoms with Gasteiger partial charge in [-0.3, -0.25) is 5.10 Å². The minimum Gasteiger partial charge on any atom is -0.282 e. The molecule has 2 heteroatoms. The fourth-order valence-electron chi connectivity index (χ4n) is 3.00. The third kappa shape index (κ3) is 1.97. The van der Waals surface area contributed by atoms with Crippen LogP contribution >= 0.6 is 0 Å². The molecule has 0 aliphatic heterocycles. The highest BCUT2D eigenvalue weighted by atomic mass is 15.1. The normalized spacial score (nSPS) is 25.3. The number of nitrogens with one attached hydrogen (secondary N) is 1. The van der Waals surface area contributed by atoms with Crippen molar-refractivity contribution in [2.75, 3.05) is 0 Å². The molecule has 0 atom stereocenters. The first-order chi connectivity index (χ1) is 8.24. The first-order valence-electron chi connectivity index (χ1n) is 6.68. The molecule has 1 aliphatic carbocycles. The minimum absolute atomic E-state index is 0.768. The summed E-state index contributed by atoms with van der Waals surface area (Å²) in [6.07, 6.45) is 5.47. The lowest BCUT2D eigenvalue weighted by atomic mass is 9.79. The third-order valence-corrected chi connectivity index (χ3v) is 4.26. The van der Waals surface area contributed by atoms with Gasteiger partial charge in [-0.05, 0) is 49.3 Å². The van der Waals surface area contributed by atoms with Gasteiger partial charge in [-0.15, -0.1) is 0 Å². The van der Waals surface area contributed by atoms with Crippen LogP contribution in [0.4, 0.5) is 0 Å². The van der Waals surface area contributed by atoms with Crippen molar-refractivity contribution in [3.8, 4) is 0 Å². The van der Waals surface area contributed by atoms with Crippen molar-refractivity contribution in [3.05, 3.63) is 29.5 Å². The molecule has 1 fully saturated rings. The molecular formula is C15H20N2. The Balaban J connectivity index is 1.92. The van der Waals surface area contributed by atoms with Crippen molar-refractivity contribution >= 4 is 10.9 Å². The summed E-state index contributed by atoms with van der Waals surface area (Å²) in [5, 5.41) is 8.65. The summed E-state index contributed by atoms with van der Waals surface area (Å²) >= 11 is 0. The van der Waals surface area contributed by atoms with Crippen LogP contribution < -0.4 is 0 Å². The van der Waals surface area contributed by atoms with Gasteiger partial charge < -0.3 is 0 Å². The first kappa shape index (κ1) is 10.8. The van der Waals surface area contributed by atoms with Crippen LogP contribution in [0.1, 0.15) is 49.8 Å². The van der Waals surface area contributed by atoms with Crippen LogP contribution in [0.25, 0.3) is 10.9 Å². The quantitative estimate of drug-likeness (QED) is 0.780. The van der Waals surface area contributed by atoms with Gasteiger partial charge in [0.25, 0.3) is 0 Å². The van der Waals surface area contributed by atoms with E-state index >= 15 is 0 Å². The van der Waals surface area contributed by atoms with Crippen molar-refractivity contribution in [3.63, 3.8) is 0 Å². The number of hydrogen-bond donors (Lipinski definition) is 1. The molecule has 1 aromatic carbocycles. The molecule has 1 heterocycles. The van der Waals surface area contributed by atoms with E-state index in [9.17, 15) is 0 Å². The Bertz CT molecular complexity index is 519. The monoisotopic (exact) mass is 228 g/mol. The summed E-state index contributed by atoms with van der Waals surface area (Å²) in [4.78, 5) is 0. The second kappa shape index (κ2) is 4.17. The van der Waals surface area contributed by atoms with E-state index in [0.29, 0.717) is 0 Å². The molecule has 2 aromatic rings. The van der Waals surface area contributed by atoms with E-state index in [4.69, 9.17) is 0 Å². The number of aromatic nitrogens is 2. The van der Waals surface area contributed by atoms with E-state index < -0.39 is 0 Å². The van der Waals surface area contributed by atoms with E-state index in [2.05, 4.69) is 42.2 Å². The molecule has 1 aromatic heterocycles. The molecule has 1 saturated carbocycles. The zero-order valence-corrected chi connectivity index (χ0v) is 10.7. The zero-order valence-electron chi connectivity index (χ0n) is 10.7. The Morgan fingerprint density at radius 2 is 1.94 bits per heavy atom. The number of rotatable bonds is 1. The van der Waals surface area contributed by atoms with Crippen molar-refractivity contribution in [1.29, 1.82) is 0 Å². The van der Waals surface area contributed by atoms with Gasteiger partial charge in [-0.1, -0.05) is 25.8 Å². The fourth-order valence-corrected chi connectivity index (χ4v) is 3.00. The molecule has 17 heavy (non-hydrogen) atoms. The Kier molecular flexibility index (Phi) is 2.65. The smallest absolute Gasteiger partial charge is 0.0923 e. The second-order valence-corrected chi connectivity index (χ2v) is 5.58. The SMILES string of the molecule is Cc1[nH]nc2ccc(C3CCC(C)CC3)cc12. The molecule has 0 spiro atoms. The van der Waals surface area contributed by atoms with Crippen LogP contribution in [-0.2, 0) is 0 Å². The summed E-state index contributed by atoms with van der Waals surface area (Å²) in [6, 6.07) is 6.77. The number of fused-ring (bicyclic) bond motifs is 1. The highest BCUT2D eigenvalue weighted by Crippen LogP contribution is 2.36. The van der Waals surface area contributed by atoms with Gasteiger partial charge in [-0.25, -0.2) is 0 Å². The number of benzene rings is 1. The van der Waals surface area contributed by atoms with Gasteiger partial charge >= 0.3 is 0 Å². The second-order valence-electron chi connectivity index (χ2n) is 5.58. The van der Waals surface area contributed by atoms with Crippen molar-refractivity contribution in [2.24, 2.45) is 5.92 Å². The Hall–Kier alpha value is -1.31. The average molecular weight is 228 g/mol. The van der Waals surface area contributed by atoms with Crippen LogP contribution in [0.15, 0.2) is 18.2 Å². The van der Waals surface area contributed by atoms with Crippen molar-refractivity contribution < 1.29 is 0 Å².